The highest BCUT2D eigenvalue weighted by Crippen LogP contribution is 2.27. The molecule has 0 unspecified atom stereocenters. The number of hydrogen-bond donors (Lipinski definition) is 2. The van der Waals surface area contributed by atoms with Crippen LogP contribution in [0.4, 0.5) is 17.2 Å². The van der Waals surface area contributed by atoms with Gasteiger partial charge in [-0.1, -0.05) is 15.9 Å². The fourth-order valence-electron chi connectivity index (χ4n) is 1.76. The average Bonchev–Trinajstić information content (AvgIpc) is 2.43. The van der Waals surface area contributed by atoms with Crippen molar-refractivity contribution >= 4 is 39.1 Å². The normalized spacial score (nSPS) is 10.2. The first-order valence-electron chi connectivity index (χ1n) is 5.89. The molecule has 1 heterocycles. The Morgan fingerprint density at radius 3 is 2.80 bits per heavy atom. The topological polar surface area (TPSA) is 77.2 Å². The van der Waals surface area contributed by atoms with Crippen LogP contribution in [0.15, 0.2) is 34.9 Å². The van der Waals surface area contributed by atoms with Gasteiger partial charge < -0.3 is 15.8 Å². The molecule has 0 saturated carbocycles. The maximum atomic E-state index is 11.6. The molecular weight excluding hydrogens is 322 g/mol. The van der Waals surface area contributed by atoms with Crippen LogP contribution in [0.3, 0.4) is 0 Å². The number of nitrogens with two attached hydrogens (primary N) is 1. The minimum atomic E-state index is -0.486. The summed E-state index contributed by atoms with van der Waals surface area (Å²) < 4.78 is 5.67. The summed E-state index contributed by atoms with van der Waals surface area (Å²) in [6, 6.07) is 7.32. The van der Waals surface area contributed by atoms with E-state index >= 15 is 0 Å². The summed E-state index contributed by atoms with van der Waals surface area (Å²) in [5, 5.41) is 3.12. The summed E-state index contributed by atoms with van der Waals surface area (Å²) >= 11 is 3.41. The quantitative estimate of drug-likeness (QED) is 0.842. The number of anilines is 3. The summed E-state index contributed by atoms with van der Waals surface area (Å²) in [6.07, 6.45) is 1.51. The van der Waals surface area contributed by atoms with Gasteiger partial charge in [0.25, 0.3) is 0 Å². The molecule has 0 aliphatic heterocycles. The molecule has 5 nitrogen and oxygen atoms in total. The number of aromatic nitrogens is 1. The molecule has 104 valence electrons. The molecule has 20 heavy (non-hydrogen) atoms. The fraction of sp³-hybridized carbons (Fsp3) is 0.143. The summed E-state index contributed by atoms with van der Waals surface area (Å²) in [5.74, 6) is -0.0567. The number of ether oxygens (including phenoxy) is 1. The first-order chi connectivity index (χ1) is 9.52. The van der Waals surface area contributed by atoms with E-state index in [9.17, 15) is 4.79 Å². The number of halogens is 1. The molecule has 6 heteroatoms. The second-order valence-corrected chi connectivity index (χ2v) is 5.11. The van der Waals surface area contributed by atoms with Crippen molar-refractivity contribution in [2.75, 3.05) is 18.2 Å². The molecule has 2 aromatic rings. The van der Waals surface area contributed by atoms with Gasteiger partial charge in [0.15, 0.2) is 5.82 Å². The average molecular weight is 336 g/mol. The number of rotatable bonds is 3. The van der Waals surface area contributed by atoms with Crippen LogP contribution in [-0.2, 0) is 4.74 Å². The Morgan fingerprint density at radius 1 is 1.40 bits per heavy atom. The van der Waals surface area contributed by atoms with Crippen LogP contribution in [0.2, 0.25) is 0 Å². The number of nitrogens with zero attached hydrogens (tertiary/aromatic N) is 1. The van der Waals surface area contributed by atoms with E-state index in [0.29, 0.717) is 11.4 Å². The third kappa shape index (κ3) is 2.91. The van der Waals surface area contributed by atoms with E-state index < -0.39 is 5.97 Å². The van der Waals surface area contributed by atoms with Crippen LogP contribution in [0.1, 0.15) is 15.9 Å². The largest absolute Gasteiger partial charge is 0.465 e. The zero-order valence-corrected chi connectivity index (χ0v) is 12.7. The third-order valence-electron chi connectivity index (χ3n) is 2.84. The molecule has 0 atom stereocenters. The first-order valence-corrected chi connectivity index (χ1v) is 6.68. The Labute approximate surface area is 125 Å². The first kappa shape index (κ1) is 14.3. The van der Waals surface area contributed by atoms with Gasteiger partial charge in [0.2, 0.25) is 0 Å². The lowest BCUT2D eigenvalue weighted by Crippen LogP contribution is -2.09. The zero-order chi connectivity index (χ0) is 14.7. The molecule has 0 aliphatic rings. The van der Waals surface area contributed by atoms with Crippen LogP contribution in [0, 0.1) is 6.92 Å². The van der Waals surface area contributed by atoms with E-state index in [4.69, 9.17) is 5.73 Å². The molecule has 2 rings (SSSR count). The predicted octanol–water partition coefficient (Wildman–Crippen LogP) is 3.26. The SMILES string of the molecule is COC(=O)c1ccnc(Nc2ccc(Br)cc2C)c1N. The van der Waals surface area contributed by atoms with Crippen LogP contribution in [0.25, 0.3) is 0 Å². The van der Waals surface area contributed by atoms with Gasteiger partial charge in [0, 0.05) is 16.4 Å². The molecule has 0 bridgehead atoms. The van der Waals surface area contributed by atoms with Gasteiger partial charge in [0.1, 0.15) is 0 Å². The molecule has 0 amide bonds. The lowest BCUT2D eigenvalue weighted by atomic mass is 10.2. The highest BCUT2D eigenvalue weighted by atomic mass is 79.9. The number of nitrogens with one attached hydrogen (secondary N) is 1. The maximum Gasteiger partial charge on any atom is 0.340 e. The number of nitrogen functional groups attached to an aromatic ring is 1. The van der Waals surface area contributed by atoms with Crippen molar-refractivity contribution < 1.29 is 9.53 Å². The molecule has 0 radical (unpaired) electrons. The van der Waals surface area contributed by atoms with Crippen molar-refractivity contribution in [2.24, 2.45) is 0 Å². The van der Waals surface area contributed by atoms with Crippen LogP contribution in [0.5, 0.6) is 0 Å². The van der Waals surface area contributed by atoms with Gasteiger partial charge in [-0.25, -0.2) is 9.78 Å². The van der Waals surface area contributed by atoms with Gasteiger partial charge in [-0.2, -0.15) is 0 Å². The monoisotopic (exact) mass is 335 g/mol. The molecule has 1 aromatic heterocycles. The Hall–Kier alpha value is -2.08. The maximum absolute atomic E-state index is 11.6. The lowest BCUT2D eigenvalue weighted by Gasteiger charge is -2.12. The van der Waals surface area contributed by atoms with E-state index in [0.717, 1.165) is 15.7 Å². The van der Waals surface area contributed by atoms with E-state index in [2.05, 4.69) is 31.0 Å². The molecule has 0 fully saturated rings. The summed E-state index contributed by atoms with van der Waals surface area (Å²) in [4.78, 5) is 15.7. The van der Waals surface area contributed by atoms with Crippen molar-refractivity contribution in [1.82, 2.24) is 4.98 Å². The van der Waals surface area contributed by atoms with Crippen LogP contribution >= 0.6 is 15.9 Å². The lowest BCUT2D eigenvalue weighted by molar-refractivity contribution is 0.0602. The summed E-state index contributed by atoms with van der Waals surface area (Å²) in [7, 11) is 1.31. The third-order valence-corrected chi connectivity index (χ3v) is 3.33. The van der Waals surface area contributed by atoms with Crippen molar-refractivity contribution in [3.8, 4) is 0 Å². The van der Waals surface area contributed by atoms with E-state index in [-0.39, 0.29) is 5.69 Å². The minimum Gasteiger partial charge on any atom is -0.465 e. The highest BCUT2D eigenvalue weighted by molar-refractivity contribution is 9.10. The van der Waals surface area contributed by atoms with Gasteiger partial charge >= 0.3 is 5.97 Å². The van der Waals surface area contributed by atoms with Crippen LogP contribution in [-0.4, -0.2) is 18.1 Å². The number of carbonyl (C=O) groups excluding carboxylic acids is 1. The second kappa shape index (κ2) is 5.92. The van der Waals surface area contributed by atoms with E-state index in [1.807, 2.05) is 25.1 Å². The molecule has 0 spiro atoms. The Kier molecular flexibility index (Phi) is 4.24. The smallest absolute Gasteiger partial charge is 0.340 e. The Balaban J connectivity index is 2.37. The van der Waals surface area contributed by atoms with Crippen LogP contribution < -0.4 is 11.1 Å². The number of benzene rings is 1. The second-order valence-electron chi connectivity index (χ2n) is 4.20. The molecule has 0 saturated heterocycles. The van der Waals surface area contributed by atoms with Crippen molar-refractivity contribution in [3.05, 3.63) is 46.1 Å². The Bertz CT molecular complexity index is 659. The number of methoxy groups -OCH3 is 1. The minimum absolute atomic E-state index is 0.265. The summed E-state index contributed by atoms with van der Waals surface area (Å²) in [6.45, 7) is 1.97. The van der Waals surface area contributed by atoms with Crippen molar-refractivity contribution in [3.63, 3.8) is 0 Å². The van der Waals surface area contributed by atoms with Gasteiger partial charge in [-0.15, -0.1) is 0 Å². The van der Waals surface area contributed by atoms with Crippen molar-refractivity contribution in [2.45, 2.75) is 6.92 Å². The Morgan fingerprint density at radius 2 is 2.15 bits per heavy atom. The molecule has 1 aromatic carbocycles. The van der Waals surface area contributed by atoms with E-state index in [1.165, 1.54) is 19.4 Å². The predicted molar refractivity (Wildman–Crippen MR) is 82.2 cm³/mol. The molecule has 3 N–H and O–H groups in total. The number of pyridine rings is 1. The van der Waals surface area contributed by atoms with Crippen molar-refractivity contribution in [1.29, 1.82) is 0 Å². The highest BCUT2D eigenvalue weighted by Gasteiger charge is 2.14. The number of carbonyl (C=O) groups is 1. The molecule has 0 aliphatic carbocycles. The van der Waals surface area contributed by atoms with Gasteiger partial charge in [0.05, 0.1) is 18.4 Å². The summed E-state index contributed by atoms with van der Waals surface area (Å²) in [5.41, 5.74) is 8.41. The fourth-order valence-corrected chi connectivity index (χ4v) is 2.23. The standard InChI is InChI=1S/C14H14BrN3O2/c1-8-7-9(15)3-4-11(8)18-13-12(16)10(5-6-17-13)14(19)20-2/h3-7H,16H2,1-2H3,(H,17,18). The number of aryl methyl sites for hydroxylation is 1. The van der Waals surface area contributed by atoms with Gasteiger partial charge in [-0.3, -0.25) is 0 Å². The number of esters is 1. The van der Waals surface area contributed by atoms with Gasteiger partial charge in [-0.05, 0) is 36.8 Å². The van der Waals surface area contributed by atoms with E-state index in [1.54, 1.807) is 0 Å². The molecular formula is C14H14BrN3O2. The zero-order valence-electron chi connectivity index (χ0n) is 11.1. The number of hydrogen-bond acceptors (Lipinski definition) is 5.